The first-order valence-corrected chi connectivity index (χ1v) is 3.92. The third-order valence-electron chi connectivity index (χ3n) is 1.84. The zero-order valence-corrected chi connectivity index (χ0v) is 6.82. The fraction of sp³-hybridized carbons (Fsp3) is 0.222. The van der Waals surface area contributed by atoms with E-state index in [2.05, 4.69) is 0 Å². The van der Waals surface area contributed by atoms with Gasteiger partial charge in [-0.2, -0.15) is 0 Å². The van der Waals surface area contributed by atoms with Crippen LogP contribution in [0.5, 0.6) is 5.75 Å². The molecule has 1 N–H and O–H groups in total. The van der Waals surface area contributed by atoms with E-state index in [9.17, 15) is 5.11 Å². The van der Waals surface area contributed by atoms with Crippen molar-refractivity contribution in [2.45, 2.75) is 13.5 Å². The molecule has 0 bridgehead atoms. The Kier molecular flexibility index (Phi) is 1.50. The van der Waals surface area contributed by atoms with Crippen LogP contribution in [0.25, 0.3) is 11.0 Å². The molecule has 0 saturated carbocycles. The molecular weight excluding hydrogens is 154 g/mol. The number of hydrogen-bond donors (Lipinski definition) is 1. The average Bonchev–Trinajstić information content (AvgIpc) is 2.49. The lowest BCUT2D eigenvalue weighted by Gasteiger charge is -1.85. The topological polar surface area (TPSA) is 37.2 Å². The van der Waals surface area contributed by atoms with Crippen molar-refractivity contribution in [2.75, 3.05) is 0 Å². The van der Waals surface area contributed by atoms with Crippen LogP contribution in [0.2, 0.25) is 0 Å². The summed E-state index contributed by atoms with van der Waals surface area (Å²) in [5.41, 5.74) is 0.719. The second-order valence-corrected chi connectivity index (χ2v) is 2.64. The summed E-state index contributed by atoms with van der Waals surface area (Å²) in [6, 6.07) is 5.25. The Balaban J connectivity index is 2.74. The molecule has 3 nitrogen and oxygen atoms in total. The predicted octanol–water partition coefficient (Wildman–Crippen LogP) is 1.45. The van der Waals surface area contributed by atoms with Crippen LogP contribution in [0.1, 0.15) is 6.92 Å². The van der Waals surface area contributed by atoms with Gasteiger partial charge < -0.3 is 5.11 Å². The highest BCUT2D eigenvalue weighted by Crippen LogP contribution is 2.22. The van der Waals surface area contributed by atoms with Crippen LogP contribution in [0, 0.1) is 0 Å². The highest BCUT2D eigenvalue weighted by atomic mass is 16.5. The summed E-state index contributed by atoms with van der Waals surface area (Å²) in [4.78, 5) is 0. The van der Waals surface area contributed by atoms with E-state index in [-0.39, 0.29) is 5.75 Å². The van der Waals surface area contributed by atoms with Gasteiger partial charge in [0.25, 0.3) is 0 Å². The second kappa shape index (κ2) is 2.52. The molecule has 0 aliphatic heterocycles. The smallest absolute Gasteiger partial charge is 0.231 e. The van der Waals surface area contributed by atoms with Gasteiger partial charge >= 0.3 is 0 Å². The highest BCUT2D eigenvalue weighted by Gasteiger charge is 2.11. The molecule has 1 heterocycles. The lowest BCUT2D eigenvalue weighted by molar-refractivity contribution is -0.857. The van der Waals surface area contributed by atoms with Crippen molar-refractivity contribution in [1.82, 2.24) is 0 Å². The van der Waals surface area contributed by atoms with Crippen molar-refractivity contribution in [3.8, 4) is 5.75 Å². The number of benzene rings is 1. The molecule has 0 amide bonds. The molecule has 3 heteroatoms. The minimum absolute atomic E-state index is 0.267. The molecule has 2 rings (SSSR count). The Morgan fingerprint density at radius 3 is 3.00 bits per heavy atom. The van der Waals surface area contributed by atoms with E-state index in [4.69, 9.17) is 4.52 Å². The zero-order chi connectivity index (χ0) is 8.55. The molecule has 0 fully saturated rings. The van der Waals surface area contributed by atoms with Gasteiger partial charge in [-0.05, 0) is 23.8 Å². The lowest BCUT2D eigenvalue weighted by Crippen LogP contribution is -2.27. The number of aromatic nitrogens is 1. The summed E-state index contributed by atoms with van der Waals surface area (Å²) in [7, 11) is 0. The van der Waals surface area contributed by atoms with Crippen LogP contribution in [0.3, 0.4) is 0 Å². The largest absolute Gasteiger partial charge is 0.507 e. The number of aromatic hydroxyl groups is 1. The first kappa shape index (κ1) is 7.16. The summed E-state index contributed by atoms with van der Waals surface area (Å²) in [6.07, 6.45) is 1.80. The zero-order valence-electron chi connectivity index (χ0n) is 6.82. The van der Waals surface area contributed by atoms with Crippen LogP contribution in [-0.4, -0.2) is 5.11 Å². The van der Waals surface area contributed by atoms with Crippen molar-refractivity contribution in [1.29, 1.82) is 0 Å². The van der Waals surface area contributed by atoms with Crippen LogP contribution in [0.4, 0.5) is 0 Å². The molecule has 0 saturated heterocycles. The van der Waals surface area contributed by atoms with Gasteiger partial charge in [-0.1, -0.05) is 6.07 Å². The number of phenols is 1. The van der Waals surface area contributed by atoms with Gasteiger partial charge in [0.15, 0.2) is 6.54 Å². The van der Waals surface area contributed by atoms with E-state index in [1.165, 1.54) is 0 Å². The molecule has 0 spiro atoms. The van der Waals surface area contributed by atoms with Crippen molar-refractivity contribution in [3.05, 3.63) is 24.4 Å². The molecule has 12 heavy (non-hydrogen) atoms. The van der Waals surface area contributed by atoms with Crippen molar-refractivity contribution in [2.24, 2.45) is 0 Å². The first-order valence-electron chi connectivity index (χ1n) is 3.92. The van der Waals surface area contributed by atoms with Crippen LogP contribution >= 0.6 is 0 Å². The molecule has 0 unspecified atom stereocenters. The first-order chi connectivity index (χ1) is 5.81. The Labute approximate surface area is 69.8 Å². The van der Waals surface area contributed by atoms with E-state index in [1.54, 1.807) is 23.1 Å². The van der Waals surface area contributed by atoms with Crippen LogP contribution in [0.15, 0.2) is 28.9 Å². The predicted molar refractivity (Wildman–Crippen MR) is 43.7 cm³/mol. The summed E-state index contributed by atoms with van der Waals surface area (Å²) in [5.74, 6) is 0.267. The second-order valence-electron chi connectivity index (χ2n) is 2.64. The van der Waals surface area contributed by atoms with Crippen molar-refractivity contribution < 1.29 is 14.4 Å². The minimum atomic E-state index is 0.267. The molecule has 1 aromatic heterocycles. The van der Waals surface area contributed by atoms with Gasteiger partial charge in [-0.15, -0.1) is 0 Å². The van der Waals surface area contributed by atoms with Crippen LogP contribution < -0.4 is 4.74 Å². The maximum absolute atomic E-state index is 9.41. The number of hydrogen-bond acceptors (Lipinski definition) is 2. The molecule has 0 aliphatic carbocycles. The molecule has 0 radical (unpaired) electrons. The van der Waals surface area contributed by atoms with Crippen LogP contribution in [-0.2, 0) is 6.54 Å². The average molecular weight is 164 g/mol. The Bertz CT molecular complexity index is 406. The Morgan fingerprint density at radius 2 is 2.33 bits per heavy atom. The molecule has 62 valence electrons. The minimum Gasteiger partial charge on any atom is -0.507 e. The molecule has 0 aliphatic rings. The van der Waals surface area contributed by atoms with Gasteiger partial charge in [0.2, 0.25) is 11.8 Å². The van der Waals surface area contributed by atoms with Crippen molar-refractivity contribution >= 4 is 11.0 Å². The van der Waals surface area contributed by atoms with E-state index in [0.717, 1.165) is 17.5 Å². The van der Waals surface area contributed by atoms with Crippen molar-refractivity contribution in [3.63, 3.8) is 0 Å². The maximum Gasteiger partial charge on any atom is 0.231 e. The fourth-order valence-corrected chi connectivity index (χ4v) is 1.19. The Morgan fingerprint density at radius 1 is 1.50 bits per heavy atom. The number of phenolic OH excluding ortho intramolecular Hbond substituents is 1. The lowest BCUT2D eigenvalue weighted by atomic mass is 10.2. The van der Waals surface area contributed by atoms with Gasteiger partial charge in [-0.3, -0.25) is 0 Å². The van der Waals surface area contributed by atoms with Gasteiger partial charge in [0, 0.05) is 0 Å². The van der Waals surface area contributed by atoms with Gasteiger partial charge in [0.1, 0.15) is 11.1 Å². The summed E-state index contributed by atoms with van der Waals surface area (Å²) < 4.78 is 7.04. The standard InChI is InChI=1S/C9H9NO2/c1-2-10-6-7-8(11)4-3-5-9(7)12-10/h3-6H,2H2,1H3/p+1. The number of aryl methyl sites for hydroxylation is 1. The Hall–Kier alpha value is -1.51. The van der Waals surface area contributed by atoms with Gasteiger partial charge in [-0.25, -0.2) is 4.52 Å². The number of fused-ring (bicyclic) bond motifs is 1. The van der Waals surface area contributed by atoms with E-state index in [1.807, 2.05) is 13.0 Å². The molecule has 1 aromatic carbocycles. The number of nitrogens with zero attached hydrogens (tertiary/aromatic N) is 1. The fourth-order valence-electron chi connectivity index (χ4n) is 1.19. The quantitative estimate of drug-likeness (QED) is 0.647. The van der Waals surface area contributed by atoms with E-state index >= 15 is 0 Å². The molecule has 0 atom stereocenters. The highest BCUT2D eigenvalue weighted by molar-refractivity contribution is 5.81. The maximum atomic E-state index is 9.41. The summed E-state index contributed by atoms with van der Waals surface area (Å²) in [6.45, 7) is 2.76. The van der Waals surface area contributed by atoms with E-state index < -0.39 is 0 Å². The SMILES string of the molecule is CC[n+]1cc2c(O)cccc2o1. The third-order valence-corrected chi connectivity index (χ3v) is 1.84. The van der Waals surface area contributed by atoms with E-state index in [0.29, 0.717) is 0 Å². The summed E-state index contributed by atoms with van der Waals surface area (Å²) in [5, 5.41) is 10.2. The third kappa shape index (κ3) is 0.942. The monoisotopic (exact) mass is 164 g/mol. The summed E-state index contributed by atoms with van der Waals surface area (Å²) >= 11 is 0. The number of rotatable bonds is 1. The molecular formula is C9H10NO2+. The normalized spacial score (nSPS) is 10.8. The van der Waals surface area contributed by atoms with Gasteiger partial charge in [0.05, 0.1) is 0 Å². The molecule has 2 aromatic rings.